The monoisotopic (exact) mass is 560 g/mol. The molecule has 10 nitrogen and oxygen atoms in total. The number of pyridine rings is 1. The van der Waals surface area contributed by atoms with Gasteiger partial charge in [-0.25, -0.2) is 28.7 Å². The number of aromatic nitrogens is 5. The number of hydrogen-bond donors (Lipinski definition) is 1. The third-order valence-electron chi connectivity index (χ3n) is 8.09. The standard InChI is InChI=1S/C29H30F2N8O2/c1-17-33-28-21(30)12-19(13-24(28)39(17)20-3-4-20)27-22(31)14-32-29(36-27)35-25-5-2-18-15-38(7-6-23(18)34-25)26(16-40)37-8-10-41-11-9-37/h2,5,12-14,16,20,26H,3-4,6-11,15H2,1H3,(H,32,34,35,36). The van der Waals surface area contributed by atoms with Crippen LogP contribution in [0.3, 0.4) is 0 Å². The van der Waals surface area contributed by atoms with Gasteiger partial charge in [0.1, 0.15) is 29.0 Å². The number of hydrogen-bond acceptors (Lipinski definition) is 9. The fraction of sp³-hybridized carbons (Fsp3) is 0.414. The van der Waals surface area contributed by atoms with E-state index in [4.69, 9.17) is 9.72 Å². The minimum Gasteiger partial charge on any atom is -0.379 e. The summed E-state index contributed by atoms with van der Waals surface area (Å²) < 4.78 is 37.5. The number of aldehydes is 1. The quantitative estimate of drug-likeness (QED) is 0.339. The number of ether oxygens (including phenoxy) is 1. The highest BCUT2D eigenvalue weighted by atomic mass is 19.1. The highest BCUT2D eigenvalue weighted by Crippen LogP contribution is 2.40. The first kappa shape index (κ1) is 26.1. The lowest BCUT2D eigenvalue weighted by Gasteiger charge is -2.40. The fourth-order valence-corrected chi connectivity index (χ4v) is 5.92. The van der Waals surface area contributed by atoms with Crippen molar-refractivity contribution in [3.8, 4) is 11.3 Å². The van der Waals surface area contributed by atoms with Gasteiger partial charge < -0.3 is 19.4 Å². The second-order valence-electron chi connectivity index (χ2n) is 10.8. The summed E-state index contributed by atoms with van der Waals surface area (Å²) in [6, 6.07) is 7.12. The SMILES string of the molecule is Cc1nc2c(F)cc(-c3nc(Nc4ccc5c(n4)CCN(C(C=O)N4CCOCC4)C5)ncc3F)cc2n1C1CC1. The number of anilines is 2. The zero-order chi connectivity index (χ0) is 28.1. The second kappa shape index (κ2) is 10.5. The van der Waals surface area contributed by atoms with E-state index in [1.54, 1.807) is 6.07 Å². The topological polar surface area (TPSA) is 101 Å². The van der Waals surface area contributed by atoms with Gasteiger partial charge in [0.15, 0.2) is 17.9 Å². The van der Waals surface area contributed by atoms with Gasteiger partial charge >= 0.3 is 0 Å². The number of carbonyl (C=O) groups excluding carboxylic acids is 1. The van der Waals surface area contributed by atoms with Crippen molar-refractivity contribution in [1.82, 2.24) is 34.3 Å². The summed E-state index contributed by atoms with van der Waals surface area (Å²) >= 11 is 0. The van der Waals surface area contributed by atoms with E-state index in [0.29, 0.717) is 55.7 Å². The molecular formula is C29H30F2N8O2. The van der Waals surface area contributed by atoms with Gasteiger partial charge in [-0.2, -0.15) is 0 Å². The normalized spacial score (nSPS) is 18.8. The molecular weight excluding hydrogens is 530 g/mol. The number of aryl methyl sites for hydroxylation is 1. The summed E-state index contributed by atoms with van der Waals surface area (Å²) in [7, 11) is 0. The Balaban J connectivity index is 1.12. The van der Waals surface area contributed by atoms with Crippen LogP contribution >= 0.6 is 0 Å². The molecule has 1 saturated heterocycles. The number of halogens is 2. The first-order valence-corrected chi connectivity index (χ1v) is 14.0. The van der Waals surface area contributed by atoms with Crippen molar-refractivity contribution < 1.29 is 18.3 Å². The van der Waals surface area contributed by atoms with Crippen molar-refractivity contribution in [2.75, 3.05) is 38.2 Å². The van der Waals surface area contributed by atoms with Crippen molar-refractivity contribution in [1.29, 1.82) is 0 Å². The Morgan fingerprint density at radius 3 is 2.66 bits per heavy atom. The van der Waals surface area contributed by atoms with Crippen LogP contribution in [-0.2, 0) is 22.5 Å². The molecule has 5 heterocycles. The number of morpholine rings is 1. The summed E-state index contributed by atoms with van der Waals surface area (Å²) in [4.78, 5) is 33.9. The molecule has 1 aliphatic carbocycles. The summed E-state index contributed by atoms with van der Waals surface area (Å²) in [6.07, 6.45) is 4.52. The Morgan fingerprint density at radius 1 is 1.05 bits per heavy atom. The maximum atomic E-state index is 15.1. The van der Waals surface area contributed by atoms with Crippen molar-refractivity contribution in [3.63, 3.8) is 0 Å². The van der Waals surface area contributed by atoms with Gasteiger partial charge in [-0.3, -0.25) is 9.80 Å². The van der Waals surface area contributed by atoms with Crippen molar-refractivity contribution in [3.05, 3.63) is 59.2 Å². The smallest absolute Gasteiger partial charge is 0.229 e. The molecule has 41 heavy (non-hydrogen) atoms. The largest absolute Gasteiger partial charge is 0.379 e. The molecule has 0 bridgehead atoms. The molecule has 1 atom stereocenters. The van der Waals surface area contributed by atoms with Crippen LogP contribution in [0.15, 0.2) is 30.5 Å². The highest BCUT2D eigenvalue weighted by Gasteiger charge is 2.30. The van der Waals surface area contributed by atoms with Crippen LogP contribution in [0, 0.1) is 18.6 Å². The van der Waals surface area contributed by atoms with Crippen LogP contribution < -0.4 is 5.32 Å². The van der Waals surface area contributed by atoms with Gasteiger partial charge in [0.25, 0.3) is 0 Å². The molecule has 1 aromatic carbocycles. The number of imidazole rings is 1. The maximum Gasteiger partial charge on any atom is 0.229 e. The highest BCUT2D eigenvalue weighted by molar-refractivity contribution is 5.83. The average Bonchev–Trinajstić information content (AvgIpc) is 3.76. The third-order valence-corrected chi connectivity index (χ3v) is 8.09. The molecule has 2 fully saturated rings. The molecule has 1 saturated carbocycles. The molecule has 0 radical (unpaired) electrons. The first-order chi connectivity index (χ1) is 20.0. The molecule has 3 aliphatic rings. The van der Waals surface area contributed by atoms with Crippen molar-refractivity contribution in [2.45, 2.75) is 44.9 Å². The number of nitrogens with one attached hydrogen (secondary N) is 1. The number of nitrogens with zero attached hydrogens (tertiary/aromatic N) is 7. The second-order valence-corrected chi connectivity index (χ2v) is 10.8. The van der Waals surface area contributed by atoms with Crippen LogP contribution in [0.1, 0.15) is 36.0 Å². The Kier molecular flexibility index (Phi) is 6.68. The number of rotatable bonds is 7. The predicted molar refractivity (Wildman–Crippen MR) is 148 cm³/mol. The molecule has 2 aliphatic heterocycles. The van der Waals surface area contributed by atoms with E-state index in [-0.39, 0.29) is 23.3 Å². The van der Waals surface area contributed by atoms with Gasteiger partial charge in [-0.1, -0.05) is 6.07 Å². The Hall–Kier alpha value is -3.87. The molecule has 212 valence electrons. The predicted octanol–water partition coefficient (Wildman–Crippen LogP) is 3.77. The number of benzene rings is 1. The zero-order valence-electron chi connectivity index (χ0n) is 22.7. The van der Waals surface area contributed by atoms with Crippen molar-refractivity contribution in [2.24, 2.45) is 0 Å². The fourth-order valence-electron chi connectivity index (χ4n) is 5.92. The van der Waals surface area contributed by atoms with Crippen molar-refractivity contribution >= 4 is 29.1 Å². The average molecular weight is 561 g/mol. The van der Waals surface area contributed by atoms with Crippen LogP contribution in [0.5, 0.6) is 0 Å². The molecule has 1 N–H and O–H groups in total. The summed E-state index contributed by atoms with van der Waals surface area (Å²) in [5.74, 6) is 0.273. The van der Waals surface area contributed by atoms with E-state index in [9.17, 15) is 9.18 Å². The van der Waals surface area contributed by atoms with E-state index in [1.807, 2.05) is 23.6 Å². The molecule has 0 amide bonds. The Labute approximate surface area is 235 Å². The van der Waals surface area contributed by atoms with Crippen LogP contribution in [0.2, 0.25) is 0 Å². The van der Waals surface area contributed by atoms with E-state index in [2.05, 4.69) is 30.1 Å². The first-order valence-electron chi connectivity index (χ1n) is 14.0. The van der Waals surface area contributed by atoms with E-state index < -0.39 is 11.6 Å². The van der Waals surface area contributed by atoms with E-state index in [1.165, 1.54) is 6.07 Å². The summed E-state index contributed by atoms with van der Waals surface area (Å²) in [6.45, 7) is 5.91. The maximum absolute atomic E-state index is 15.1. The minimum absolute atomic E-state index is 0.00104. The molecule has 0 spiro atoms. The van der Waals surface area contributed by atoms with Crippen LogP contribution in [0.4, 0.5) is 20.5 Å². The molecule has 1 unspecified atom stereocenters. The van der Waals surface area contributed by atoms with Gasteiger partial charge in [0.2, 0.25) is 5.95 Å². The molecule has 7 rings (SSSR count). The molecule has 4 aromatic rings. The Bertz CT molecular complexity index is 1630. The van der Waals surface area contributed by atoms with Gasteiger partial charge in [-0.15, -0.1) is 0 Å². The lowest BCUT2D eigenvalue weighted by molar-refractivity contribution is -0.123. The third kappa shape index (κ3) is 4.96. The van der Waals surface area contributed by atoms with Crippen LogP contribution in [0.25, 0.3) is 22.3 Å². The number of fused-ring (bicyclic) bond motifs is 2. The van der Waals surface area contributed by atoms with Gasteiger partial charge in [-0.05, 0) is 43.5 Å². The minimum atomic E-state index is -0.646. The van der Waals surface area contributed by atoms with E-state index >= 15 is 4.39 Å². The van der Waals surface area contributed by atoms with Crippen LogP contribution in [-0.4, -0.2) is 79.6 Å². The van der Waals surface area contributed by atoms with Gasteiger partial charge in [0.05, 0.1) is 24.9 Å². The Morgan fingerprint density at radius 2 is 1.88 bits per heavy atom. The number of carbonyl (C=O) groups is 1. The summed E-state index contributed by atoms with van der Waals surface area (Å²) in [5, 5.41) is 3.08. The van der Waals surface area contributed by atoms with E-state index in [0.717, 1.165) is 55.5 Å². The van der Waals surface area contributed by atoms with Gasteiger partial charge in [0, 0.05) is 49.9 Å². The summed E-state index contributed by atoms with van der Waals surface area (Å²) in [5.41, 5.74) is 3.23. The zero-order valence-corrected chi connectivity index (χ0v) is 22.7. The lowest BCUT2D eigenvalue weighted by Crippen LogP contribution is -2.54. The molecule has 12 heteroatoms. The lowest BCUT2D eigenvalue weighted by atomic mass is 10.0. The molecule has 3 aromatic heterocycles.